The molecule has 0 heterocycles. The van der Waals surface area contributed by atoms with Crippen molar-refractivity contribution in [1.29, 1.82) is 0 Å². The fourth-order valence-electron chi connectivity index (χ4n) is 3.08. The van der Waals surface area contributed by atoms with Crippen LogP contribution in [0.4, 0.5) is 5.69 Å². The number of hydrogen-bond donors (Lipinski definition) is 2. The molecule has 0 aliphatic heterocycles. The zero-order valence-electron chi connectivity index (χ0n) is 16.5. The average Bonchev–Trinajstić information content (AvgIpc) is 2.74. The fraction of sp³-hybridized carbons (Fsp3) is 0.174. The summed E-state index contributed by atoms with van der Waals surface area (Å²) in [4.78, 5) is 13.1. The standard InChI is InChI=1S/C23H23ClN2O3S/c1-2-18-10-6-7-11-21(18)25-23(27)22(16-17-8-4-3-5-9-17)26-30(28,29)20-14-12-19(24)13-15-20/h3-15,22,26H,2,16H2,1H3,(H,25,27). The van der Waals surface area contributed by atoms with E-state index < -0.39 is 22.0 Å². The number of aryl methyl sites for hydroxylation is 1. The maximum Gasteiger partial charge on any atom is 0.242 e. The first-order chi connectivity index (χ1) is 14.4. The third-order valence-electron chi connectivity index (χ3n) is 4.68. The molecule has 3 rings (SSSR count). The molecule has 0 saturated heterocycles. The number of carbonyl (C=O) groups is 1. The van der Waals surface area contributed by atoms with Crippen molar-refractivity contribution in [3.05, 3.63) is 95.0 Å². The van der Waals surface area contributed by atoms with Crippen molar-refractivity contribution >= 4 is 33.2 Å². The fourth-order valence-corrected chi connectivity index (χ4v) is 4.40. The first-order valence-electron chi connectivity index (χ1n) is 9.59. The van der Waals surface area contributed by atoms with Gasteiger partial charge in [-0.1, -0.05) is 67.1 Å². The maximum atomic E-state index is 13.1. The highest BCUT2D eigenvalue weighted by Gasteiger charge is 2.26. The molecular weight excluding hydrogens is 420 g/mol. The van der Waals surface area contributed by atoms with Gasteiger partial charge in [0.2, 0.25) is 15.9 Å². The molecule has 1 unspecified atom stereocenters. The van der Waals surface area contributed by atoms with Gasteiger partial charge in [-0.2, -0.15) is 4.72 Å². The molecule has 0 radical (unpaired) electrons. The molecule has 156 valence electrons. The van der Waals surface area contributed by atoms with Gasteiger partial charge in [0.05, 0.1) is 4.90 Å². The molecule has 0 bridgehead atoms. The van der Waals surface area contributed by atoms with Gasteiger partial charge in [-0.05, 0) is 54.3 Å². The van der Waals surface area contributed by atoms with Crippen molar-refractivity contribution in [2.45, 2.75) is 30.7 Å². The Morgan fingerprint density at radius 3 is 2.23 bits per heavy atom. The molecule has 0 aromatic heterocycles. The van der Waals surface area contributed by atoms with Crippen LogP contribution < -0.4 is 10.0 Å². The second-order valence-corrected chi connectivity index (χ2v) is 8.97. The molecule has 30 heavy (non-hydrogen) atoms. The molecule has 5 nitrogen and oxygen atoms in total. The molecule has 3 aromatic rings. The summed E-state index contributed by atoms with van der Waals surface area (Å²) in [6.07, 6.45) is 0.962. The number of carbonyl (C=O) groups excluding carboxylic acids is 1. The van der Waals surface area contributed by atoms with E-state index in [9.17, 15) is 13.2 Å². The summed E-state index contributed by atoms with van der Waals surface area (Å²) in [7, 11) is -3.92. The first kappa shape index (κ1) is 22.0. The van der Waals surface area contributed by atoms with Crippen molar-refractivity contribution in [2.75, 3.05) is 5.32 Å². The molecule has 1 atom stereocenters. The van der Waals surface area contributed by atoms with Crippen LogP contribution in [0.2, 0.25) is 5.02 Å². The van der Waals surface area contributed by atoms with Crippen molar-refractivity contribution in [3.63, 3.8) is 0 Å². The minimum atomic E-state index is -3.92. The Labute approximate surface area is 182 Å². The van der Waals surface area contributed by atoms with Gasteiger partial charge < -0.3 is 5.32 Å². The smallest absolute Gasteiger partial charge is 0.242 e. The molecule has 0 fully saturated rings. The van der Waals surface area contributed by atoms with E-state index in [1.807, 2.05) is 61.5 Å². The van der Waals surface area contributed by atoms with E-state index in [0.29, 0.717) is 10.7 Å². The van der Waals surface area contributed by atoms with E-state index in [1.165, 1.54) is 24.3 Å². The number of benzene rings is 3. The van der Waals surface area contributed by atoms with Gasteiger partial charge in [-0.15, -0.1) is 0 Å². The number of halogens is 1. The second kappa shape index (κ2) is 9.89. The number of nitrogens with one attached hydrogen (secondary N) is 2. The summed E-state index contributed by atoms with van der Waals surface area (Å²) < 4.78 is 28.3. The van der Waals surface area contributed by atoms with E-state index in [-0.39, 0.29) is 11.3 Å². The highest BCUT2D eigenvalue weighted by Crippen LogP contribution is 2.18. The van der Waals surface area contributed by atoms with Gasteiger partial charge >= 0.3 is 0 Å². The number of hydrogen-bond acceptors (Lipinski definition) is 3. The van der Waals surface area contributed by atoms with E-state index in [0.717, 1.165) is 17.5 Å². The lowest BCUT2D eigenvalue weighted by atomic mass is 10.1. The average molecular weight is 443 g/mol. The quantitative estimate of drug-likeness (QED) is 0.541. The molecule has 1 amide bonds. The first-order valence-corrected chi connectivity index (χ1v) is 11.5. The van der Waals surface area contributed by atoms with Gasteiger partial charge in [-0.25, -0.2) is 8.42 Å². The SMILES string of the molecule is CCc1ccccc1NC(=O)C(Cc1ccccc1)NS(=O)(=O)c1ccc(Cl)cc1. The molecule has 3 aromatic carbocycles. The van der Waals surface area contributed by atoms with Gasteiger partial charge in [0.1, 0.15) is 6.04 Å². The predicted molar refractivity (Wildman–Crippen MR) is 120 cm³/mol. The van der Waals surface area contributed by atoms with Crippen LogP contribution in [0, 0.1) is 0 Å². The molecule has 0 saturated carbocycles. The second-order valence-electron chi connectivity index (χ2n) is 6.82. The normalized spacial score (nSPS) is 12.3. The highest BCUT2D eigenvalue weighted by atomic mass is 35.5. The van der Waals surface area contributed by atoms with Crippen molar-refractivity contribution in [2.24, 2.45) is 0 Å². The minimum Gasteiger partial charge on any atom is -0.324 e. The molecule has 0 aliphatic rings. The highest BCUT2D eigenvalue weighted by molar-refractivity contribution is 7.89. The third kappa shape index (κ3) is 5.69. The lowest BCUT2D eigenvalue weighted by Gasteiger charge is -2.20. The van der Waals surface area contributed by atoms with Crippen LogP contribution in [0.15, 0.2) is 83.8 Å². The Hall–Kier alpha value is -2.67. The summed E-state index contributed by atoms with van der Waals surface area (Å²) >= 11 is 5.86. The van der Waals surface area contributed by atoms with Crippen LogP contribution in [0.3, 0.4) is 0 Å². The zero-order valence-corrected chi connectivity index (χ0v) is 18.1. The molecular formula is C23H23ClN2O3S. The topological polar surface area (TPSA) is 75.3 Å². The Morgan fingerprint density at radius 1 is 0.933 bits per heavy atom. The maximum absolute atomic E-state index is 13.1. The van der Waals surface area contributed by atoms with Gasteiger partial charge in [-0.3, -0.25) is 4.79 Å². The molecule has 0 spiro atoms. The van der Waals surface area contributed by atoms with Gasteiger partial charge in [0.25, 0.3) is 0 Å². The predicted octanol–water partition coefficient (Wildman–Crippen LogP) is 4.43. The molecule has 7 heteroatoms. The monoisotopic (exact) mass is 442 g/mol. The van der Waals surface area contributed by atoms with Crippen LogP contribution in [0.1, 0.15) is 18.1 Å². The molecule has 0 aliphatic carbocycles. The minimum absolute atomic E-state index is 0.0479. The lowest BCUT2D eigenvalue weighted by molar-refractivity contribution is -0.117. The summed E-state index contributed by atoms with van der Waals surface area (Å²) in [6, 6.07) is 21.6. The Kier molecular flexibility index (Phi) is 7.26. The summed E-state index contributed by atoms with van der Waals surface area (Å²) in [6.45, 7) is 2.00. The summed E-state index contributed by atoms with van der Waals surface area (Å²) in [5.41, 5.74) is 2.50. The number of anilines is 1. The Morgan fingerprint density at radius 2 is 1.57 bits per heavy atom. The Bertz CT molecular complexity index is 1100. The van der Waals surface area contributed by atoms with E-state index >= 15 is 0 Å². The van der Waals surface area contributed by atoms with E-state index in [1.54, 1.807) is 0 Å². The number of rotatable bonds is 8. The van der Waals surface area contributed by atoms with E-state index in [2.05, 4.69) is 10.0 Å². The van der Waals surface area contributed by atoms with Gasteiger partial charge in [0.15, 0.2) is 0 Å². The largest absolute Gasteiger partial charge is 0.324 e. The van der Waals surface area contributed by atoms with Crippen LogP contribution in [0.25, 0.3) is 0 Å². The van der Waals surface area contributed by atoms with Crippen molar-refractivity contribution in [3.8, 4) is 0 Å². The van der Waals surface area contributed by atoms with Crippen LogP contribution in [0.5, 0.6) is 0 Å². The van der Waals surface area contributed by atoms with E-state index in [4.69, 9.17) is 11.6 Å². The van der Waals surface area contributed by atoms with Crippen molar-refractivity contribution in [1.82, 2.24) is 4.72 Å². The summed E-state index contributed by atoms with van der Waals surface area (Å²) in [5.74, 6) is -0.419. The van der Waals surface area contributed by atoms with Crippen LogP contribution >= 0.6 is 11.6 Å². The van der Waals surface area contributed by atoms with Crippen molar-refractivity contribution < 1.29 is 13.2 Å². The number of amides is 1. The number of sulfonamides is 1. The Balaban J connectivity index is 1.88. The third-order valence-corrected chi connectivity index (χ3v) is 6.42. The molecule has 2 N–H and O–H groups in total. The summed E-state index contributed by atoms with van der Waals surface area (Å²) in [5, 5.41) is 3.31. The van der Waals surface area contributed by atoms with Crippen LogP contribution in [-0.2, 0) is 27.7 Å². The van der Waals surface area contributed by atoms with Gasteiger partial charge in [0, 0.05) is 10.7 Å². The zero-order chi connectivity index (χ0) is 21.6. The van der Waals surface area contributed by atoms with Crippen LogP contribution in [-0.4, -0.2) is 20.4 Å². The lowest BCUT2D eigenvalue weighted by Crippen LogP contribution is -2.45. The number of para-hydroxylation sites is 1.